The van der Waals surface area contributed by atoms with Crippen LogP contribution in [0.1, 0.15) is 30.3 Å². The van der Waals surface area contributed by atoms with Gasteiger partial charge in [0.25, 0.3) is 0 Å². The third kappa shape index (κ3) is 4.48. The molecule has 1 saturated heterocycles. The number of piperazine rings is 1. The van der Waals surface area contributed by atoms with E-state index in [0.717, 1.165) is 51.5 Å². The molecule has 0 saturated carbocycles. The normalized spacial score (nSPS) is 19.4. The third-order valence-electron chi connectivity index (χ3n) is 5.29. The van der Waals surface area contributed by atoms with Gasteiger partial charge in [0.2, 0.25) is 0 Å². The van der Waals surface area contributed by atoms with E-state index in [1.54, 1.807) is 0 Å². The minimum absolute atomic E-state index is 0.242. The lowest BCUT2D eigenvalue weighted by molar-refractivity contribution is 0.0481. The second-order valence-electron chi connectivity index (χ2n) is 6.93. The van der Waals surface area contributed by atoms with Crippen LogP contribution in [0.3, 0.4) is 0 Å². The fraction of sp³-hybridized carbons (Fsp3) is 0.550. The van der Waals surface area contributed by atoms with Gasteiger partial charge in [-0.3, -0.25) is 9.80 Å². The Labute approximate surface area is 150 Å². The summed E-state index contributed by atoms with van der Waals surface area (Å²) in [5.74, 6) is 1.14. The van der Waals surface area contributed by atoms with Gasteiger partial charge in [0.15, 0.2) is 0 Å². The average Bonchev–Trinajstić information content (AvgIpc) is 3.06. The summed E-state index contributed by atoms with van der Waals surface area (Å²) in [6.45, 7) is 10.5. The zero-order valence-electron chi connectivity index (χ0n) is 15.4. The van der Waals surface area contributed by atoms with Crippen molar-refractivity contribution in [2.45, 2.75) is 45.9 Å². The predicted molar refractivity (Wildman–Crippen MR) is 100 cm³/mol. The van der Waals surface area contributed by atoms with Crippen molar-refractivity contribution in [2.24, 2.45) is 0 Å². The van der Waals surface area contributed by atoms with Gasteiger partial charge in [0.1, 0.15) is 5.82 Å². The molecule has 0 spiro atoms. The first-order valence-electron chi connectivity index (χ1n) is 9.33. The molecule has 1 fully saturated rings. The summed E-state index contributed by atoms with van der Waals surface area (Å²) >= 11 is 0. The molecule has 5 heteroatoms. The van der Waals surface area contributed by atoms with Gasteiger partial charge in [-0.15, -0.1) is 0 Å². The summed E-state index contributed by atoms with van der Waals surface area (Å²) in [7, 11) is 0. The molecule has 2 aromatic rings. The lowest BCUT2D eigenvalue weighted by Gasteiger charge is -2.41. The molecule has 1 aromatic heterocycles. The van der Waals surface area contributed by atoms with Crippen molar-refractivity contribution in [3.63, 3.8) is 0 Å². The van der Waals surface area contributed by atoms with E-state index < -0.39 is 0 Å². The Bertz CT molecular complexity index is 669. The SMILES string of the molecule is CCn1ccnc1CN1CCN(Cc2ccccc2C)C(CCO)C1. The summed E-state index contributed by atoms with van der Waals surface area (Å²) in [4.78, 5) is 9.51. The van der Waals surface area contributed by atoms with Gasteiger partial charge in [-0.2, -0.15) is 0 Å². The summed E-state index contributed by atoms with van der Waals surface area (Å²) < 4.78 is 2.21. The topological polar surface area (TPSA) is 44.5 Å². The fourth-order valence-electron chi connectivity index (χ4n) is 3.72. The first-order chi connectivity index (χ1) is 12.2. The summed E-state index contributed by atoms with van der Waals surface area (Å²) in [6.07, 6.45) is 4.76. The Morgan fingerprint density at radius 3 is 2.80 bits per heavy atom. The highest BCUT2D eigenvalue weighted by Gasteiger charge is 2.27. The molecule has 1 unspecified atom stereocenters. The second kappa shape index (κ2) is 8.61. The molecule has 0 bridgehead atoms. The third-order valence-corrected chi connectivity index (χ3v) is 5.29. The number of hydrogen-bond acceptors (Lipinski definition) is 4. The Morgan fingerprint density at radius 1 is 1.20 bits per heavy atom. The predicted octanol–water partition coefficient (Wildman–Crippen LogP) is 2.28. The van der Waals surface area contributed by atoms with E-state index in [9.17, 15) is 5.11 Å². The number of benzene rings is 1. The summed E-state index contributed by atoms with van der Waals surface area (Å²) in [5, 5.41) is 9.52. The number of aliphatic hydroxyl groups is 1. The van der Waals surface area contributed by atoms with Gasteiger partial charge < -0.3 is 9.67 Å². The van der Waals surface area contributed by atoms with Crippen molar-refractivity contribution < 1.29 is 5.11 Å². The summed E-state index contributed by atoms with van der Waals surface area (Å²) in [5.41, 5.74) is 2.73. The summed E-state index contributed by atoms with van der Waals surface area (Å²) in [6, 6.07) is 9.00. The van der Waals surface area contributed by atoms with Gasteiger partial charge >= 0.3 is 0 Å². The van der Waals surface area contributed by atoms with Crippen LogP contribution in [0.4, 0.5) is 0 Å². The van der Waals surface area contributed by atoms with Gasteiger partial charge in [-0.25, -0.2) is 4.98 Å². The smallest absolute Gasteiger partial charge is 0.122 e. The minimum atomic E-state index is 0.242. The maximum Gasteiger partial charge on any atom is 0.122 e. The van der Waals surface area contributed by atoms with E-state index in [0.29, 0.717) is 6.04 Å². The van der Waals surface area contributed by atoms with Crippen LogP contribution in [0.15, 0.2) is 36.7 Å². The molecule has 1 aromatic carbocycles. The Hall–Kier alpha value is -1.69. The first-order valence-corrected chi connectivity index (χ1v) is 9.33. The monoisotopic (exact) mass is 342 g/mol. The van der Waals surface area contributed by atoms with E-state index >= 15 is 0 Å². The number of hydrogen-bond donors (Lipinski definition) is 1. The molecular weight excluding hydrogens is 312 g/mol. The number of rotatable bonds is 7. The Morgan fingerprint density at radius 2 is 2.04 bits per heavy atom. The molecule has 1 N–H and O–H groups in total. The number of aliphatic hydroxyl groups excluding tert-OH is 1. The standard InChI is InChI=1S/C20H30N4O/c1-3-23-10-9-21-20(23)16-22-11-12-24(19(15-22)8-13-25)14-18-7-5-4-6-17(18)2/h4-7,9-10,19,25H,3,8,11-16H2,1-2H3. The zero-order chi connectivity index (χ0) is 17.6. The Kier molecular flexibility index (Phi) is 6.24. The van der Waals surface area contributed by atoms with Crippen LogP contribution in [-0.4, -0.2) is 56.7 Å². The highest BCUT2D eigenvalue weighted by molar-refractivity contribution is 5.25. The van der Waals surface area contributed by atoms with E-state index in [4.69, 9.17) is 0 Å². The molecule has 0 aliphatic carbocycles. The van der Waals surface area contributed by atoms with E-state index in [1.807, 2.05) is 6.20 Å². The molecule has 25 heavy (non-hydrogen) atoms. The second-order valence-corrected chi connectivity index (χ2v) is 6.93. The quantitative estimate of drug-likeness (QED) is 0.838. The van der Waals surface area contributed by atoms with E-state index in [-0.39, 0.29) is 6.61 Å². The molecule has 1 aliphatic rings. The minimum Gasteiger partial charge on any atom is -0.396 e. The molecular formula is C20H30N4O. The number of imidazole rings is 1. The number of aromatic nitrogens is 2. The molecule has 136 valence electrons. The van der Waals surface area contributed by atoms with Gasteiger partial charge in [-0.05, 0) is 31.4 Å². The van der Waals surface area contributed by atoms with Gasteiger partial charge in [-0.1, -0.05) is 24.3 Å². The molecule has 1 atom stereocenters. The number of aryl methyl sites for hydroxylation is 2. The van der Waals surface area contributed by atoms with E-state index in [2.05, 4.69) is 63.7 Å². The molecule has 5 nitrogen and oxygen atoms in total. The molecule has 3 rings (SSSR count). The molecule has 0 amide bonds. The Balaban J connectivity index is 1.65. The van der Waals surface area contributed by atoms with Crippen LogP contribution in [0.2, 0.25) is 0 Å². The van der Waals surface area contributed by atoms with Crippen LogP contribution in [0.25, 0.3) is 0 Å². The van der Waals surface area contributed by atoms with Crippen LogP contribution in [0, 0.1) is 6.92 Å². The maximum absolute atomic E-state index is 9.52. The molecule has 2 heterocycles. The highest BCUT2D eigenvalue weighted by Crippen LogP contribution is 2.19. The molecule has 1 aliphatic heterocycles. The maximum atomic E-state index is 9.52. The first kappa shape index (κ1) is 18.1. The lowest BCUT2D eigenvalue weighted by atomic mass is 10.0. The largest absolute Gasteiger partial charge is 0.396 e. The van der Waals surface area contributed by atoms with Crippen molar-refractivity contribution in [3.05, 3.63) is 53.6 Å². The van der Waals surface area contributed by atoms with Crippen LogP contribution in [-0.2, 0) is 19.6 Å². The lowest BCUT2D eigenvalue weighted by Crippen LogP contribution is -2.52. The van der Waals surface area contributed by atoms with Gasteiger partial charge in [0.05, 0.1) is 6.54 Å². The van der Waals surface area contributed by atoms with Crippen molar-refractivity contribution >= 4 is 0 Å². The van der Waals surface area contributed by atoms with Crippen molar-refractivity contribution in [3.8, 4) is 0 Å². The van der Waals surface area contributed by atoms with Gasteiger partial charge in [0, 0.05) is 57.8 Å². The number of nitrogens with zero attached hydrogens (tertiary/aromatic N) is 4. The molecule has 0 radical (unpaired) electrons. The van der Waals surface area contributed by atoms with E-state index in [1.165, 1.54) is 11.1 Å². The van der Waals surface area contributed by atoms with Crippen LogP contribution >= 0.6 is 0 Å². The van der Waals surface area contributed by atoms with Crippen LogP contribution in [0.5, 0.6) is 0 Å². The zero-order valence-corrected chi connectivity index (χ0v) is 15.4. The van der Waals surface area contributed by atoms with Crippen molar-refractivity contribution in [1.29, 1.82) is 0 Å². The average molecular weight is 342 g/mol. The highest BCUT2D eigenvalue weighted by atomic mass is 16.3. The van der Waals surface area contributed by atoms with Crippen LogP contribution < -0.4 is 0 Å². The van der Waals surface area contributed by atoms with Crippen molar-refractivity contribution in [2.75, 3.05) is 26.2 Å². The van der Waals surface area contributed by atoms with Crippen molar-refractivity contribution in [1.82, 2.24) is 19.4 Å². The fourth-order valence-corrected chi connectivity index (χ4v) is 3.72.